The normalized spacial score (nSPS) is 9.85. The number of urea groups is 1. The molecule has 0 radical (unpaired) electrons. The van der Waals surface area contributed by atoms with E-state index in [-0.39, 0.29) is 0 Å². The highest BCUT2D eigenvalue weighted by Crippen LogP contribution is 2.16. The van der Waals surface area contributed by atoms with E-state index in [1.54, 1.807) is 36.4 Å². The van der Waals surface area contributed by atoms with Gasteiger partial charge in [0.25, 0.3) is 5.91 Å². The molecule has 3 amide bonds. The molecule has 0 fully saturated rings. The first-order valence-electron chi connectivity index (χ1n) is 5.78. The van der Waals surface area contributed by atoms with Crippen LogP contribution >= 0.6 is 22.6 Å². The average Bonchev–Trinajstić information content (AvgIpc) is 2.42. The zero-order valence-corrected chi connectivity index (χ0v) is 12.5. The van der Waals surface area contributed by atoms with Gasteiger partial charge in [0.15, 0.2) is 0 Å². The molecular weight excluding hydrogens is 369 g/mol. The van der Waals surface area contributed by atoms with E-state index < -0.39 is 11.9 Å². The minimum atomic E-state index is -0.573. The third-order valence-corrected chi connectivity index (χ3v) is 3.46. The van der Waals surface area contributed by atoms with Crippen molar-refractivity contribution in [3.8, 4) is 0 Å². The van der Waals surface area contributed by atoms with Gasteiger partial charge < -0.3 is 11.1 Å². The average molecular weight is 381 g/mol. The summed E-state index contributed by atoms with van der Waals surface area (Å²) < 4.78 is 0.889. The van der Waals surface area contributed by atoms with Crippen molar-refractivity contribution in [1.29, 1.82) is 0 Å². The maximum atomic E-state index is 11.8. The standard InChI is InChI=1S/C14H12IN3O2/c15-11-3-1-2-4-12(11)17-14(20)18-13(19)9-5-7-10(16)8-6-9/h1-8H,16H2,(H2,17,18,19,20). The second-order valence-corrected chi connectivity index (χ2v) is 5.17. The number of carbonyl (C=O) groups is 2. The summed E-state index contributed by atoms with van der Waals surface area (Å²) in [5.41, 5.74) is 7.12. The fourth-order valence-corrected chi connectivity index (χ4v) is 2.05. The second kappa shape index (κ2) is 6.38. The maximum absolute atomic E-state index is 11.8. The highest BCUT2D eigenvalue weighted by Gasteiger charge is 2.11. The Labute approximate surface area is 129 Å². The number of anilines is 2. The molecule has 0 saturated carbocycles. The molecule has 4 N–H and O–H groups in total. The van der Waals surface area contributed by atoms with Crippen LogP contribution in [0.15, 0.2) is 48.5 Å². The van der Waals surface area contributed by atoms with Gasteiger partial charge in [0, 0.05) is 14.8 Å². The molecule has 5 nitrogen and oxygen atoms in total. The predicted molar refractivity (Wildman–Crippen MR) is 86.5 cm³/mol. The number of imide groups is 1. The lowest BCUT2D eigenvalue weighted by molar-refractivity contribution is 0.0967. The highest BCUT2D eigenvalue weighted by atomic mass is 127. The van der Waals surface area contributed by atoms with Crippen molar-refractivity contribution in [2.45, 2.75) is 0 Å². The quantitative estimate of drug-likeness (QED) is 0.553. The summed E-state index contributed by atoms with van der Waals surface area (Å²) in [4.78, 5) is 23.6. The highest BCUT2D eigenvalue weighted by molar-refractivity contribution is 14.1. The van der Waals surface area contributed by atoms with Crippen LogP contribution in [0, 0.1) is 3.57 Å². The maximum Gasteiger partial charge on any atom is 0.326 e. The van der Waals surface area contributed by atoms with Gasteiger partial charge in [-0.3, -0.25) is 10.1 Å². The molecule has 0 aliphatic heterocycles. The van der Waals surface area contributed by atoms with Gasteiger partial charge in [-0.1, -0.05) is 12.1 Å². The molecule has 0 bridgehead atoms. The minimum Gasteiger partial charge on any atom is -0.399 e. The summed E-state index contributed by atoms with van der Waals surface area (Å²) in [5.74, 6) is -0.478. The molecule has 2 aromatic carbocycles. The van der Waals surface area contributed by atoms with Crippen molar-refractivity contribution in [1.82, 2.24) is 5.32 Å². The first-order valence-corrected chi connectivity index (χ1v) is 6.86. The van der Waals surface area contributed by atoms with E-state index in [4.69, 9.17) is 5.73 Å². The van der Waals surface area contributed by atoms with Crippen LogP contribution in [0.4, 0.5) is 16.2 Å². The zero-order valence-electron chi connectivity index (χ0n) is 10.4. The van der Waals surface area contributed by atoms with E-state index in [2.05, 4.69) is 33.2 Å². The fourth-order valence-electron chi connectivity index (χ4n) is 1.53. The third kappa shape index (κ3) is 3.70. The van der Waals surface area contributed by atoms with Gasteiger partial charge in [-0.25, -0.2) is 4.79 Å². The third-order valence-electron chi connectivity index (χ3n) is 2.52. The van der Waals surface area contributed by atoms with Crippen LogP contribution in [0.5, 0.6) is 0 Å². The van der Waals surface area contributed by atoms with Crippen LogP contribution in [-0.4, -0.2) is 11.9 Å². The van der Waals surface area contributed by atoms with Crippen molar-refractivity contribution in [3.05, 3.63) is 57.7 Å². The Balaban J connectivity index is 2.00. The van der Waals surface area contributed by atoms with E-state index in [0.717, 1.165) is 3.57 Å². The number of halogens is 1. The first kappa shape index (κ1) is 14.3. The smallest absolute Gasteiger partial charge is 0.326 e. The van der Waals surface area contributed by atoms with Crippen molar-refractivity contribution in [3.63, 3.8) is 0 Å². The van der Waals surface area contributed by atoms with E-state index >= 15 is 0 Å². The van der Waals surface area contributed by atoms with Gasteiger partial charge in [-0.05, 0) is 59.0 Å². The lowest BCUT2D eigenvalue weighted by Gasteiger charge is -2.08. The van der Waals surface area contributed by atoms with Crippen molar-refractivity contribution in [2.75, 3.05) is 11.1 Å². The molecule has 20 heavy (non-hydrogen) atoms. The van der Waals surface area contributed by atoms with E-state index in [9.17, 15) is 9.59 Å². The summed E-state index contributed by atoms with van der Waals surface area (Å²) in [5, 5.41) is 4.88. The zero-order chi connectivity index (χ0) is 14.5. The van der Waals surface area contributed by atoms with Crippen LogP contribution < -0.4 is 16.4 Å². The van der Waals surface area contributed by atoms with Crippen LogP contribution in [0.3, 0.4) is 0 Å². The number of rotatable bonds is 2. The molecule has 0 saturated heterocycles. The summed E-state index contributed by atoms with van der Waals surface area (Å²) in [6.45, 7) is 0. The summed E-state index contributed by atoms with van der Waals surface area (Å²) in [7, 11) is 0. The number of nitrogens with one attached hydrogen (secondary N) is 2. The van der Waals surface area contributed by atoms with E-state index in [1.165, 1.54) is 0 Å². The van der Waals surface area contributed by atoms with Crippen LogP contribution in [0.2, 0.25) is 0 Å². The lowest BCUT2D eigenvalue weighted by Crippen LogP contribution is -2.34. The summed E-state index contributed by atoms with van der Waals surface area (Å²) in [6.07, 6.45) is 0. The monoisotopic (exact) mass is 381 g/mol. The number of para-hydroxylation sites is 1. The Bertz CT molecular complexity index is 641. The van der Waals surface area contributed by atoms with E-state index in [1.807, 2.05) is 12.1 Å². The predicted octanol–water partition coefficient (Wildman–Crippen LogP) is 2.84. The van der Waals surface area contributed by atoms with Gasteiger partial charge in [0.2, 0.25) is 0 Å². The van der Waals surface area contributed by atoms with Gasteiger partial charge >= 0.3 is 6.03 Å². The number of nitrogens with two attached hydrogens (primary N) is 1. The second-order valence-electron chi connectivity index (χ2n) is 4.01. The minimum absolute atomic E-state index is 0.372. The molecule has 0 aliphatic carbocycles. The molecule has 2 rings (SSSR count). The van der Waals surface area contributed by atoms with Crippen LogP contribution in [0.25, 0.3) is 0 Å². The molecule has 0 unspecified atom stereocenters. The molecule has 2 aromatic rings. The summed E-state index contributed by atoms with van der Waals surface area (Å²) >= 11 is 2.10. The number of nitrogen functional groups attached to an aromatic ring is 1. The van der Waals surface area contributed by atoms with Gasteiger partial charge in [-0.2, -0.15) is 0 Å². The number of hydrogen-bond acceptors (Lipinski definition) is 3. The molecular formula is C14H12IN3O2. The largest absolute Gasteiger partial charge is 0.399 e. The number of carbonyl (C=O) groups excluding carboxylic acids is 2. The van der Waals surface area contributed by atoms with Crippen LogP contribution in [0.1, 0.15) is 10.4 Å². The SMILES string of the molecule is Nc1ccc(C(=O)NC(=O)Nc2ccccc2I)cc1. The van der Waals surface area contributed by atoms with Crippen molar-refractivity contribution in [2.24, 2.45) is 0 Å². The summed E-state index contributed by atoms with van der Waals surface area (Å²) in [6, 6.07) is 13.0. The van der Waals surface area contributed by atoms with Gasteiger partial charge in [0.05, 0.1) is 5.69 Å². The van der Waals surface area contributed by atoms with Crippen molar-refractivity contribution < 1.29 is 9.59 Å². The number of benzene rings is 2. The Morgan fingerprint density at radius 3 is 2.30 bits per heavy atom. The molecule has 0 spiro atoms. The Morgan fingerprint density at radius 2 is 1.65 bits per heavy atom. The molecule has 102 valence electrons. The number of amides is 3. The molecule has 0 heterocycles. The first-order chi connectivity index (χ1) is 9.56. The topological polar surface area (TPSA) is 84.2 Å². The van der Waals surface area contributed by atoms with E-state index in [0.29, 0.717) is 16.9 Å². The molecule has 0 atom stereocenters. The Hall–Kier alpha value is -2.09. The Morgan fingerprint density at radius 1 is 1.00 bits per heavy atom. The molecule has 6 heteroatoms. The number of hydrogen-bond donors (Lipinski definition) is 3. The van der Waals surface area contributed by atoms with Gasteiger partial charge in [0.1, 0.15) is 0 Å². The van der Waals surface area contributed by atoms with Crippen molar-refractivity contribution >= 4 is 45.9 Å². The van der Waals surface area contributed by atoms with Crippen LogP contribution in [-0.2, 0) is 0 Å². The fraction of sp³-hybridized carbons (Fsp3) is 0. The van der Waals surface area contributed by atoms with Gasteiger partial charge in [-0.15, -0.1) is 0 Å². The molecule has 0 aliphatic rings. The lowest BCUT2D eigenvalue weighted by atomic mass is 10.2. The molecule has 0 aromatic heterocycles. The Kier molecular flexibility index (Phi) is 4.57.